The highest BCUT2D eigenvalue weighted by atomic mass is 16.5. The predicted octanol–water partition coefficient (Wildman–Crippen LogP) is 3.61. The van der Waals surface area contributed by atoms with Crippen molar-refractivity contribution in [3.63, 3.8) is 0 Å². The zero-order valence-electron chi connectivity index (χ0n) is 13.7. The van der Waals surface area contributed by atoms with Gasteiger partial charge in [0.2, 0.25) is 0 Å². The second-order valence-corrected chi connectivity index (χ2v) is 6.31. The summed E-state index contributed by atoms with van der Waals surface area (Å²) in [6, 6.07) is 6.30. The Balaban J connectivity index is 2.18. The normalized spacial score (nSPS) is 19.8. The van der Waals surface area contributed by atoms with Crippen molar-refractivity contribution in [2.45, 2.75) is 63.5 Å². The van der Waals surface area contributed by atoms with E-state index in [0.29, 0.717) is 0 Å². The van der Waals surface area contributed by atoms with E-state index in [1.54, 1.807) is 7.11 Å². The van der Waals surface area contributed by atoms with E-state index in [0.717, 1.165) is 25.0 Å². The van der Waals surface area contributed by atoms with Gasteiger partial charge in [-0.2, -0.15) is 0 Å². The molecule has 0 radical (unpaired) electrons. The van der Waals surface area contributed by atoms with Crippen LogP contribution in [0.2, 0.25) is 0 Å². The Kier molecular flexibility index (Phi) is 5.65. The monoisotopic (exact) mass is 291 g/mol. The van der Waals surface area contributed by atoms with Crippen molar-refractivity contribution in [2.24, 2.45) is 5.73 Å². The van der Waals surface area contributed by atoms with Gasteiger partial charge < -0.3 is 15.2 Å². The molecule has 1 aliphatic rings. The molecular formula is C18H29NO2. The van der Waals surface area contributed by atoms with E-state index >= 15 is 0 Å². The largest absolute Gasteiger partial charge is 0.496 e. The molecule has 0 bridgehead atoms. The first-order valence-corrected chi connectivity index (χ1v) is 8.05. The van der Waals surface area contributed by atoms with Gasteiger partial charge in [0.15, 0.2) is 0 Å². The first-order chi connectivity index (χ1) is 10.1. The van der Waals surface area contributed by atoms with Crippen LogP contribution in [0.4, 0.5) is 0 Å². The highest BCUT2D eigenvalue weighted by Crippen LogP contribution is 2.34. The first kappa shape index (κ1) is 16.3. The summed E-state index contributed by atoms with van der Waals surface area (Å²) in [5, 5.41) is 0. The fraction of sp³-hybridized carbons (Fsp3) is 0.667. The van der Waals surface area contributed by atoms with Gasteiger partial charge in [0.25, 0.3) is 0 Å². The molecule has 1 fully saturated rings. The fourth-order valence-electron chi connectivity index (χ4n) is 3.54. The number of benzene rings is 1. The molecule has 118 valence electrons. The van der Waals surface area contributed by atoms with Crippen LogP contribution in [0.25, 0.3) is 0 Å². The van der Waals surface area contributed by atoms with Crippen LogP contribution in [0.15, 0.2) is 18.2 Å². The minimum atomic E-state index is -0.175. The van der Waals surface area contributed by atoms with E-state index in [2.05, 4.69) is 19.1 Å². The van der Waals surface area contributed by atoms with Crippen molar-refractivity contribution in [3.8, 4) is 5.75 Å². The second-order valence-electron chi connectivity index (χ2n) is 6.31. The van der Waals surface area contributed by atoms with Crippen molar-refractivity contribution < 1.29 is 9.47 Å². The van der Waals surface area contributed by atoms with E-state index in [9.17, 15) is 0 Å². The van der Waals surface area contributed by atoms with Gasteiger partial charge in [-0.05, 0) is 37.8 Å². The number of nitrogens with two attached hydrogens (primary N) is 1. The Morgan fingerprint density at radius 3 is 2.38 bits per heavy atom. The molecule has 0 heterocycles. The van der Waals surface area contributed by atoms with E-state index in [-0.39, 0.29) is 11.6 Å². The minimum Gasteiger partial charge on any atom is -0.496 e. The van der Waals surface area contributed by atoms with Gasteiger partial charge in [-0.1, -0.05) is 43.4 Å². The van der Waals surface area contributed by atoms with Crippen molar-refractivity contribution in [2.75, 3.05) is 14.2 Å². The average Bonchev–Trinajstić information content (AvgIpc) is 2.74. The maximum absolute atomic E-state index is 6.59. The third-order valence-electron chi connectivity index (χ3n) is 4.91. The lowest BCUT2D eigenvalue weighted by Gasteiger charge is -2.37. The molecule has 0 spiro atoms. The van der Waals surface area contributed by atoms with E-state index in [4.69, 9.17) is 15.2 Å². The van der Waals surface area contributed by atoms with Crippen LogP contribution in [-0.2, 0) is 11.2 Å². The Bertz CT molecular complexity index is 451. The van der Waals surface area contributed by atoms with Crippen molar-refractivity contribution >= 4 is 0 Å². The molecule has 1 aromatic rings. The highest BCUT2D eigenvalue weighted by molar-refractivity contribution is 5.37. The molecule has 0 saturated heterocycles. The standard InChI is InChI=1S/C18H29NO2/c1-14-8-9-16(20-2)15(12-14)13-17(19)18(21-3)10-6-4-5-7-11-18/h8-9,12,17H,4-7,10-11,13,19H2,1-3H3. The molecule has 1 atom stereocenters. The lowest BCUT2D eigenvalue weighted by Crippen LogP contribution is -2.50. The number of aryl methyl sites for hydroxylation is 1. The van der Waals surface area contributed by atoms with Crippen molar-refractivity contribution in [3.05, 3.63) is 29.3 Å². The van der Waals surface area contributed by atoms with Gasteiger partial charge in [0.05, 0.1) is 12.7 Å². The Morgan fingerprint density at radius 2 is 1.81 bits per heavy atom. The molecule has 0 amide bonds. The zero-order chi connectivity index (χ0) is 15.3. The molecule has 3 heteroatoms. The maximum atomic E-state index is 6.59. The zero-order valence-corrected chi connectivity index (χ0v) is 13.7. The summed E-state index contributed by atoms with van der Waals surface area (Å²) in [7, 11) is 3.54. The summed E-state index contributed by atoms with van der Waals surface area (Å²) in [5.74, 6) is 0.927. The highest BCUT2D eigenvalue weighted by Gasteiger charge is 2.37. The summed E-state index contributed by atoms with van der Waals surface area (Å²) in [5.41, 5.74) is 8.84. The number of methoxy groups -OCH3 is 2. The molecule has 1 unspecified atom stereocenters. The Hall–Kier alpha value is -1.06. The summed E-state index contributed by atoms with van der Waals surface area (Å²) in [4.78, 5) is 0. The van der Waals surface area contributed by atoms with Gasteiger partial charge in [0.1, 0.15) is 5.75 Å². The first-order valence-electron chi connectivity index (χ1n) is 8.05. The molecule has 0 aliphatic heterocycles. The lowest BCUT2D eigenvalue weighted by atomic mass is 9.83. The molecule has 1 saturated carbocycles. The quantitative estimate of drug-likeness (QED) is 0.843. The topological polar surface area (TPSA) is 44.5 Å². The molecule has 3 nitrogen and oxygen atoms in total. The lowest BCUT2D eigenvalue weighted by molar-refractivity contribution is -0.0431. The van der Waals surface area contributed by atoms with Crippen molar-refractivity contribution in [1.29, 1.82) is 0 Å². The number of hydrogen-bond acceptors (Lipinski definition) is 3. The van der Waals surface area contributed by atoms with Gasteiger partial charge in [-0.15, -0.1) is 0 Å². The minimum absolute atomic E-state index is 0.0105. The van der Waals surface area contributed by atoms with Crippen LogP contribution in [0, 0.1) is 6.92 Å². The third kappa shape index (κ3) is 3.78. The van der Waals surface area contributed by atoms with E-state index < -0.39 is 0 Å². The van der Waals surface area contributed by atoms with Crippen LogP contribution in [0.5, 0.6) is 5.75 Å². The molecule has 0 aromatic heterocycles. The average molecular weight is 291 g/mol. The van der Waals surface area contributed by atoms with Crippen LogP contribution >= 0.6 is 0 Å². The fourth-order valence-corrected chi connectivity index (χ4v) is 3.54. The van der Waals surface area contributed by atoms with Crippen molar-refractivity contribution in [1.82, 2.24) is 0 Å². The predicted molar refractivity (Wildman–Crippen MR) is 86.9 cm³/mol. The molecule has 1 aromatic carbocycles. The summed E-state index contributed by atoms with van der Waals surface area (Å²) in [6.07, 6.45) is 7.96. The van der Waals surface area contributed by atoms with Gasteiger partial charge in [-0.3, -0.25) is 0 Å². The van der Waals surface area contributed by atoms with Gasteiger partial charge >= 0.3 is 0 Å². The molecule has 21 heavy (non-hydrogen) atoms. The smallest absolute Gasteiger partial charge is 0.122 e. The third-order valence-corrected chi connectivity index (χ3v) is 4.91. The number of hydrogen-bond donors (Lipinski definition) is 1. The van der Waals surface area contributed by atoms with Crippen LogP contribution in [-0.4, -0.2) is 25.9 Å². The molecule has 2 N–H and O–H groups in total. The number of rotatable bonds is 5. The Morgan fingerprint density at radius 1 is 1.14 bits per heavy atom. The summed E-state index contributed by atoms with van der Waals surface area (Å²) < 4.78 is 11.4. The molecular weight excluding hydrogens is 262 g/mol. The molecule has 1 aliphatic carbocycles. The molecule has 2 rings (SSSR count). The van der Waals surface area contributed by atoms with Crippen LogP contribution in [0.3, 0.4) is 0 Å². The summed E-state index contributed by atoms with van der Waals surface area (Å²) >= 11 is 0. The Labute approximate surface area is 128 Å². The van der Waals surface area contributed by atoms with Crippen LogP contribution < -0.4 is 10.5 Å². The van der Waals surface area contributed by atoms with E-state index in [1.807, 2.05) is 13.2 Å². The van der Waals surface area contributed by atoms with Crippen LogP contribution in [0.1, 0.15) is 49.7 Å². The maximum Gasteiger partial charge on any atom is 0.122 e. The van der Waals surface area contributed by atoms with Gasteiger partial charge in [-0.25, -0.2) is 0 Å². The number of ether oxygens (including phenoxy) is 2. The van der Waals surface area contributed by atoms with Gasteiger partial charge in [0, 0.05) is 13.2 Å². The summed E-state index contributed by atoms with van der Waals surface area (Å²) in [6.45, 7) is 2.10. The second kappa shape index (κ2) is 7.28. The van der Waals surface area contributed by atoms with E-state index in [1.165, 1.54) is 36.8 Å². The SMILES string of the molecule is COc1ccc(C)cc1CC(N)C1(OC)CCCCCC1.